The fourth-order valence-electron chi connectivity index (χ4n) is 2.55. The molecule has 0 bridgehead atoms. The largest absolute Gasteiger partial charge is 0.496 e. The summed E-state index contributed by atoms with van der Waals surface area (Å²) < 4.78 is 31.4. The predicted molar refractivity (Wildman–Crippen MR) is 62.5 cm³/mol. The van der Waals surface area contributed by atoms with Crippen LogP contribution >= 0.6 is 0 Å². The minimum absolute atomic E-state index is 0.0203. The molecule has 1 unspecified atom stereocenters. The molecule has 17 heavy (non-hydrogen) atoms. The lowest BCUT2D eigenvalue weighted by Gasteiger charge is -2.28. The van der Waals surface area contributed by atoms with Gasteiger partial charge in [0.2, 0.25) is 0 Å². The van der Waals surface area contributed by atoms with Crippen LogP contribution in [0.15, 0.2) is 18.2 Å². The molecule has 1 saturated heterocycles. The maximum atomic E-state index is 13.2. The van der Waals surface area contributed by atoms with Gasteiger partial charge in [0.05, 0.1) is 12.7 Å². The van der Waals surface area contributed by atoms with E-state index >= 15 is 0 Å². The van der Waals surface area contributed by atoms with Crippen LogP contribution < -0.4 is 10.1 Å². The Labute approximate surface area is 100.0 Å². The number of benzene rings is 1. The molecule has 1 N–H and O–H groups in total. The first kappa shape index (κ1) is 12.3. The Morgan fingerprint density at radius 2 is 2.18 bits per heavy atom. The summed E-state index contributed by atoms with van der Waals surface area (Å²) in [6.45, 7) is 2.84. The van der Waals surface area contributed by atoms with E-state index in [-0.39, 0.29) is 16.9 Å². The number of methoxy groups -OCH3 is 1. The van der Waals surface area contributed by atoms with Crippen LogP contribution in [-0.2, 0) is 5.54 Å². The molecule has 2 nitrogen and oxygen atoms in total. The van der Waals surface area contributed by atoms with Gasteiger partial charge in [-0.1, -0.05) is 12.1 Å². The Morgan fingerprint density at radius 1 is 1.41 bits per heavy atom. The first-order valence-electron chi connectivity index (χ1n) is 5.79. The van der Waals surface area contributed by atoms with Crippen molar-refractivity contribution < 1.29 is 13.5 Å². The highest BCUT2D eigenvalue weighted by molar-refractivity contribution is 5.45. The maximum Gasteiger partial charge on any atom is 0.267 e. The number of nitrogens with one attached hydrogen (secondary N) is 1. The molecule has 1 aromatic carbocycles. The number of alkyl halides is 2. The van der Waals surface area contributed by atoms with Crippen LogP contribution in [-0.4, -0.2) is 13.7 Å². The first-order valence-corrected chi connectivity index (χ1v) is 5.79. The van der Waals surface area contributed by atoms with Gasteiger partial charge in [-0.25, -0.2) is 8.78 Å². The SMILES string of the molecule is COc1cccc(C2(C)CCCN2)c1C(F)F. The molecule has 0 spiro atoms. The molecule has 1 heterocycles. The topological polar surface area (TPSA) is 21.3 Å². The van der Waals surface area contributed by atoms with Gasteiger partial charge in [-0.15, -0.1) is 0 Å². The van der Waals surface area contributed by atoms with E-state index in [2.05, 4.69) is 5.32 Å². The van der Waals surface area contributed by atoms with Crippen molar-refractivity contribution >= 4 is 0 Å². The van der Waals surface area contributed by atoms with Crippen molar-refractivity contribution in [1.29, 1.82) is 0 Å². The van der Waals surface area contributed by atoms with Gasteiger partial charge >= 0.3 is 0 Å². The quantitative estimate of drug-likeness (QED) is 0.877. The van der Waals surface area contributed by atoms with E-state index in [0.29, 0.717) is 5.56 Å². The zero-order valence-corrected chi connectivity index (χ0v) is 10.1. The molecule has 1 fully saturated rings. The molecule has 0 radical (unpaired) electrons. The van der Waals surface area contributed by atoms with E-state index in [4.69, 9.17) is 4.74 Å². The summed E-state index contributed by atoms with van der Waals surface area (Å²) in [7, 11) is 1.43. The molecular weight excluding hydrogens is 224 g/mol. The molecule has 2 rings (SSSR count). The van der Waals surface area contributed by atoms with Crippen molar-refractivity contribution in [1.82, 2.24) is 5.32 Å². The Bertz CT molecular complexity index is 400. The van der Waals surface area contributed by atoms with E-state index in [1.807, 2.05) is 6.92 Å². The number of hydrogen-bond acceptors (Lipinski definition) is 2. The third-order valence-corrected chi connectivity index (χ3v) is 3.47. The number of hydrogen-bond donors (Lipinski definition) is 1. The summed E-state index contributed by atoms with van der Waals surface area (Å²) in [5.74, 6) is 0.271. The zero-order chi connectivity index (χ0) is 12.5. The minimum atomic E-state index is -2.51. The van der Waals surface area contributed by atoms with Crippen LogP contribution in [0.4, 0.5) is 8.78 Å². The summed E-state index contributed by atoms with van der Waals surface area (Å²) in [6.07, 6.45) is -0.628. The van der Waals surface area contributed by atoms with Gasteiger partial charge in [0, 0.05) is 5.54 Å². The molecule has 1 atom stereocenters. The monoisotopic (exact) mass is 241 g/mol. The van der Waals surface area contributed by atoms with E-state index < -0.39 is 6.43 Å². The summed E-state index contributed by atoms with van der Waals surface area (Å²) in [6, 6.07) is 5.12. The molecule has 1 aromatic rings. The molecular formula is C13H17F2NO. The standard InChI is InChI=1S/C13H17F2NO/c1-13(7-4-8-16-13)9-5-3-6-10(17-2)11(9)12(14)15/h3,5-6,12,16H,4,7-8H2,1-2H3. The number of halogens is 2. The Hall–Kier alpha value is -1.16. The number of rotatable bonds is 3. The average Bonchev–Trinajstić information content (AvgIpc) is 2.76. The highest BCUT2D eigenvalue weighted by Crippen LogP contribution is 2.40. The predicted octanol–water partition coefficient (Wildman–Crippen LogP) is 3.23. The van der Waals surface area contributed by atoms with Crippen LogP contribution in [0.25, 0.3) is 0 Å². The number of ether oxygens (including phenoxy) is 1. The van der Waals surface area contributed by atoms with Crippen LogP contribution in [0.1, 0.15) is 37.3 Å². The molecule has 0 amide bonds. The van der Waals surface area contributed by atoms with Gasteiger partial charge in [0.15, 0.2) is 0 Å². The van der Waals surface area contributed by atoms with Gasteiger partial charge in [0.1, 0.15) is 5.75 Å². The fourth-order valence-corrected chi connectivity index (χ4v) is 2.55. The smallest absolute Gasteiger partial charge is 0.267 e. The summed E-state index contributed by atoms with van der Waals surface area (Å²) in [4.78, 5) is 0. The molecule has 1 aliphatic heterocycles. The van der Waals surface area contributed by atoms with E-state index in [9.17, 15) is 8.78 Å². The van der Waals surface area contributed by atoms with Crippen molar-refractivity contribution in [3.05, 3.63) is 29.3 Å². The first-order chi connectivity index (χ1) is 8.08. The maximum absolute atomic E-state index is 13.2. The Balaban J connectivity index is 2.52. The molecule has 94 valence electrons. The lowest BCUT2D eigenvalue weighted by Crippen LogP contribution is -2.34. The minimum Gasteiger partial charge on any atom is -0.496 e. The van der Waals surface area contributed by atoms with Crippen molar-refractivity contribution in [2.24, 2.45) is 0 Å². The van der Waals surface area contributed by atoms with Crippen LogP contribution in [0.3, 0.4) is 0 Å². The molecule has 0 aromatic heterocycles. The molecule has 4 heteroatoms. The lowest BCUT2D eigenvalue weighted by molar-refractivity contribution is 0.143. The lowest BCUT2D eigenvalue weighted by atomic mass is 9.86. The normalized spacial score (nSPS) is 24.3. The van der Waals surface area contributed by atoms with Crippen LogP contribution in [0.5, 0.6) is 5.75 Å². The summed E-state index contributed by atoms with van der Waals surface area (Å²) in [5, 5.41) is 3.31. The van der Waals surface area contributed by atoms with Crippen LogP contribution in [0, 0.1) is 0 Å². The van der Waals surface area contributed by atoms with Gasteiger partial charge in [-0.2, -0.15) is 0 Å². The van der Waals surface area contributed by atoms with Crippen molar-refractivity contribution in [2.45, 2.75) is 31.7 Å². The second-order valence-electron chi connectivity index (χ2n) is 4.58. The summed E-state index contributed by atoms with van der Waals surface area (Å²) >= 11 is 0. The third kappa shape index (κ3) is 2.14. The molecule has 0 saturated carbocycles. The van der Waals surface area contributed by atoms with Gasteiger partial charge in [-0.3, -0.25) is 0 Å². The van der Waals surface area contributed by atoms with Crippen molar-refractivity contribution in [2.75, 3.05) is 13.7 Å². The van der Waals surface area contributed by atoms with E-state index in [0.717, 1.165) is 19.4 Å². The Kier molecular flexibility index (Phi) is 3.33. The summed E-state index contributed by atoms with van der Waals surface area (Å²) in [5.41, 5.74) is 0.316. The second-order valence-corrected chi connectivity index (χ2v) is 4.58. The average molecular weight is 241 g/mol. The van der Waals surface area contributed by atoms with E-state index in [1.165, 1.54) is 7.11 Å². The highest BCUT2D eigenvalue weighted by Gasteiger charge is 2.35. The molecule has 1 aliphatic rings. The fraction of sp³-hybridized carbons (Fsp3) is 0.538. The van der Waals surface area contributed by atoms with Gasteiger partial charge < -0.3 is 10.1 Å². The van der Waals surface area contributed by atoms with Crippen molar-refractivity contribution in [3.8, 4) is 5.75 Å². The third-order valence-electron chi connectivity index (χ3n) is 3.47. The van der Waals surface area contributed by atoms with Crippen LogP contribution in [0.2, 0.25) is 0 Å². The molecule has 0 aliphatic carbocycles. The van der Waals surface area contributed by atoms with Gasteiger partial charge in [-0.05, 0) is 37.9 Å². The Morgan fingerprint density at radius 3 is 2.71 bits per heavy atom. The highest BCUT2D eigenvalue weighted by atomic mass is 19.3. The second kappa shape index (κ2) is 4.61. The van der Waals surface area contributed by atoms with Gasteiger partial charge in [0.25, 0.3) is 6.43 Å². The van der Waals surface area contributed by atoms with E-state index in [1.54, 1.807) is 18.2 Å². The van der Waals surface area contributed by atoms with Crippen molar-refractivity contribution in [3.63, 3.8) is 0 Å². The zero-order valence-electron chi connectivity index (χ0n) is 10.1.